The van der Waals surface area contributed by atoms with Crippen LogP contribution >= 0.6 is 0 Å². The van der Waals surface area contributed by atoms with Crippen molar-refractivity contribution in [1.29, 1.82) is 0 Å². The maximum absolute atomic E-state index is 2.48. The number of benzene rings is 6. The van der Waals surface area contributed by atoms with Gasteiger partial charge in [-0.15, -0.1) is 0 Å². The lowest BCUT2D eigenvalue weighted by Gasteiger charge is -2.12. The van der Waals surface area contributed by atoms with Crippen LogP contribution in [0.25, 0.3) is 66.4 Å². The molecule has 10 rings (SSSR count). The fourth-order valence-corrected chi connectivity index (χ4v) is 7.68. The zero-order valence-electron chi connectivity index (χ0n) is 21.1. The molecule has 0 heterocycles. The van der Waals surface area contributed by atoms with Crippen LogP contribution in [-0.2, 0) is 25.7 Å². The van der Waals surface area contributed by atoms with Gasteiger partial charge in [0, 0.05) is 0 Å². The second kappa shape index (κ2) is 6.71. The molecular weight excluding hydrogens is 456 g/mol. The molecule has 0 unspecified atom stereocenters. The van der Waals surface area contributed by atoms with Crippen molar-refractivity contribution in [1.82, 2.24) is 0 Å². The summed E-state index contributed by atoms with van der Waals surface area (Å²) in [7, 11) is 0. The van der Waals surface area contributed by atoms with Crippen molar-refractivity contribution in [3.63, 3.8) is 0 Å². The Morgan fingerprint density at radius 3 is 1.16 bits per heavy atom. The Hall–Kier alpha value is -4.42. The van der Waals surface area contributed by atoms with E-state index < -0.39 is 0 Å². The fourth-order valence-electron chi connectivity index (χ4n) is 7.68. The Morgan fingerprint density at radius 1 is 0.342 bits per heavy atom. The molecule has 6 aromatic rings. The molecule has 0 N–H and O–H groups in total. The molecule has 0 nitrogen and oxygen atoms in total. The summed E-state index contributed by atoms with van der Waals surface area (Å²) in [5, 5.41) is 10.9. The van der Waals surface area contributed by atoms with Gasteiger partial charge in [0.2, 0.25) is 0 Å². The van der Waals surface area contributed by atoms with Gasteiger partial charge in [0.1, 0.15) is 0 Å². The van der Waals surface area contributed by atoms with Crippen molar-refractivity contribution < 1.29 is 0 Å². The van der Waals surface area contributed by atoms with Crippen LogP contribution in [-0.4, -0.2) is 0 Å². The summed E-state index contributed by atoms with van der Waals surface area (Å²) in [5.41, 5.74) is 14.7. The highest BCUT2D eigenvalue weighted by atomic mass is 14.3. The maximum atomic E-state index is 2.48. The second-order valence-electron chi connectivity index (χ2n) is 11.7. The molecule has 176 valence electrons. The first-order chi connectivity index (χ1) is 18.7. The normalized spacial score (nSPS) is 16.2. The minimum Gasteiger partial charge on any atom is -0.0795 e. The standard InChI is InChI=1S/C38H24/c1-3-21-7-25-11-29-15-33-19-38-36-18-32-14-28-10-24-6-2-4-22(24)8-26(28)12-30(32)16-34(36)20-37(38)35(33)17-31(29)13-27(25)9-23(21)5-1/h1-2,5-18H,3-4,19-20H2. The van der Waals surface area contributed by atoms with Crippen LogP contribution in [0.1, 0.15) is 44.5 Å². The van der Waals surface area contributed by atoms with Gasteiger partial charge in [-0.25, -0.2) is 0 Å². The van der Waals surface area contributed by atoms with E-state index in [0.29, 0.717) is 0 Å². The Kier molecular flexibility index (Phi) is 3.47. The number of allylic oxidation sites excluding steroid dienone is 4. The second-order valence-corrected chi connectivity index (χ2v) is 11.7. The summed E-state index contributed by atoms with van der Waals surface area (Å²) in [4.78, 5) is 0. The summed E-state index contributed by atoms with van der Waals surface area (Å²) in [6.07, 6.45) is 13.3. The van der Waals surface area contributed by atoms with Gasteiger partial charge in [-0.1, -0.05) is 48.6 Å². The minimum absolute atomic E-state index is 1.05. The van der Waals surface area contributed by atoms with Crippen molar-refractivity contribution >= 4 is 66.4 Å². The van der Waals surface area contributed by atoms with Crippen molar-refractivity contribution in [2.75, 3.05) is 0 Å². The summed E-state index contributed by atoms with van der Waals surface area (Å²) >= 11 is 0. The van der Waals surface area contributed by atoms with E-state index in [1.807, 2.05) is 0 Å². The zero-order valence-corrected chi connectivity index (χ0v) is 21.1. The molecule has 4 aliphatic carbocycles. The predicted molar refractivity (Wildman–Crippen MR) is 163 cm³/mol. The lowest BCUT2D eigenvalue weighted by molar-refractivity contribution is 1.27. The molecule has 0 saturated heterocycles. The molecule has 0 spiro atoms. The average molecular weight is 481 g/mol. The van der Waals surface area contributed by atoms with Crippen LogP contribution < -0.4 is 0 Å². The van der Waals surface area contributed by atoms with E-state index in [1.165, 1.54) is 87.6 Å². The first-order valence-electron chi connectivity index (χ1n) is 13.9. The maximum Gasteiger partial charge on any atom is -0.00104 e. The van der Waals surface area contributed by atoms with Crippen LogP contribution in [0.5, 0.6) is 0 Å². The van der Waals surface area contributed by atoms with Gasteiger partial charge in [0.25, 0.3) is 0 Å². The molecule has 0 fully saturated rings. The summed E-state index contributed by atoms with van der Waals surface area (Å²) in [6, 6.07) is 29.1. The molecule has 0 amide bonds. The highest BCUT2D eigenvalue weighted by molar-refractivity contribution is 6.09. The molecule has 38 heavy (non-hydrogen) atoms. The monoisotopic (exact) mass is 480 g/mol. The van der Waals surface area contributed by atoms with Crippen LogP contribution in [0.2, 0.25) is 0 Å². The quantitative estimate of drug-likeness (QED) is 0.190. The van der Waals surface area contributed by atoms with Crippen molar-refractivity contribution in [2.45, 2.75) is 25.7 Å². The molecule has 0 aliphatic heterocycles. The smallest absolute Gasteiger partial charge is 0.00104 e. The average Bonchev–Trinajstić information content (AvgIpc) is 3.70. The number of fused-ring (bicyclic) bond motifs is 10. The lowest BCUT2D eigenvalue weighted by Crippen LogP contribution is -1.93. The van der Waals surface area contributed by atoms with Crippen molar-refractivity contribution in [3.05, 3.63) is 129 Å². The van der Waals surface area contributed by atoms with Crippen LogP contribution in [0.3, 0.4) is 0 Å². The number of hydrogen-bond acceptors (Lipinski definition) is 0. The topological polar surface area (TPSA) is 0 Å². The predicted octanol–water partition coefficient (Wildman–Crippen LogP) is 9.46. The molecule has 0 radical (unpaired) electrons. The summed E-state index contributed by atoms with van der Waals surface area (Å²) in [6.45, 7) is 0. The lowest BCUT2D eigenvalue weighted by atomic mass is 9.92. The Bertz CT molecular complexity index is 2060. The highest BCUT2D eigenvalue weighted by Crippen LogP contribution is 2.49. The summed E-state index contributed by atoms with van der Waals surface area (Å²) in [5.74, 6) is 0. The van der Waals surface area contributed by atoms with Gasteiger partial charge in [-0.2, -0.15) is 0 Å². The van der Waals surface area contributed by atoms with E-state index in [-0.39, 0.29) is 0 Å². The van der Waals surface area contributed by atoms with Gasteiger partial charge in [0.15, 0.2) is 0 Å². The molecule has 0 saturated carbocycles. The minimum atomic E-state index is 1.05. The van der Waals surface area contributed by atoms with Crippen LogP contribution in [0, 0.1) is 0 Å². The van der Waals surface area contributed by atoms with E-state index in [4.69, 9.17) is 0 Å². The highest BCUT2D eigenvalue weighted by Gasteiger charge is 2.30. The van der Waals surface area contributed by atoms with E-state index in [2.05, 4.69) is 97.1 Å². The molecule has 4 aliphatic rings. The fraction of sp³-hybridized carbons (Fsp3) is 0.105. The first kappa shape index (κ1) is 19.7. The van der Waals surface area contributed by atoms with Crippen LogP contribution in [0.15, 0.2) is 84.9 Å². The Morgan fingerprint density at radius 2 is 0.711 bits per heavy atom. The van der Waals surface area contributed by atoms with E-state index in [1.54, 1.807) is 11.1 Å². The van der Waals surface area contributed by atoms with Gasteiger partial charge < -0.3 is 0 Å². The third-order valence-corrected chi connectivity index (χ3v) is 9.57. The third kappa shape index (κ3) is 2.55. The molecule has 0 atom stereocenters. The third-order valence-electron chi connectivity index (χ3n) is 9.57. The van der Waals surface area contributed by atoms with Crippen molar-refractivity contribution in [2.24, 2.45) is 0 Å². The zero-order chi connectivity index (χ0) is 24.5. The largest absolute Gasteiger partial charge is 0.0795 e. The number of rotatable bonds is 0. The van der Waals surface area contributed by atoms with Crippen molar-refractivity contribution in [3.8, 4) is 0 Å². The SMILES string of the molecule is C1=Cc2cc3cc4cc5c(cc4cc3cc2C1)CC1=C5Cc2cc3cc4cc5c(cc4cc3cc21)C=CC5. The van der Waals surface area contributed by atoms with E-state index in [9.17, 15) is 0 Å². The van der Waals surface area contributed by atoms with Gasteiger partial charge >= 0.3 is 0 Å². The first-order valence-corrected chi connectivity index (χ1v) is 13.9. The molecular formula is C38H24. The Labute approximate surface area is 221 Å². The molecule has 0 heteroatoms. The van der Waals surface area contributed by atoms with Gasteiger partial charge in [-0.05, 0) is 173 Å². The van der Waals surface area contributed by atoms with E-state index in [0.717, 1.165) is 25.7 Å². The molecule has 0 aromatic heterocycles. The number of hydrogen-bond donors (Lipinski definition) is 0. The van der Waals surface area contributed by atoms with E-state index >= 15 is 0 Å². The van der Waals surface area contributed by atoms with Gasteiger partial charge in [-0.3, -0.25) is 0 Å². The Balaban J connectivity index is 1.11. The molecule has 6 aromatic carbocycles. The van der Waals surface area contributed by atoms with Gasteiger partial charge in [0.05, 0.1) is 0 Å². The molecule has 0 bridgehead atoms. The van der Waals surface area contributed by atoms with Crippen LogP contribution in [0.4, 0.5) is 0 Å². The summed E-state index contributed by atoms with van der Waals surface area (Å²) < 4.78 is 0.